The lowest BCUT2D eigenvalue weighted by molar-refractivity contribution is 0.628. The number of aromatic nitrogens is 2. The third-order valence-corrected chi connectivity index (χ3v) is 4.25. The number of hydrogen-bond donors (Lipinski definition) is 1. The lowest BCUT2D eigenvalue weighted by Gasteiger charge is -2.23. The smallest absolute Gasteiger partial charge is 0.232 e. The summed E-state index contributed by atoms with van der Waals surface area (Å²) in [6.45, 7) is 0.644. The minimum absolute atomic E-state index is 0.271. The van der Waals surface area contributed by atoms with E-state index < -0.39 is 0 Å². The quantitative estimate of drug-likeness (QED) is 0.473. The average Bonchev–Trinajstić information content (AvgIpc) is 2.75. The van der Waals surface area contributed by atoms with E-state index in [0.29, 0.717) is 18.3 Å². The fourth-order valence-electron chi connectivity index (χ4n) is 2.88. The molecule has 0 fully saturated rings. The largest absolute Gasteiger partial charge is 0.340 e. The molecule has 1 heterocycles. The molecule has 0 radical (unpaired) electrons. The van der Waals surface area contributed by atoms with Crippen molar-refractivity contribution < 1.29 is 4.39 Å². The molecule has 0 bridgehead atoms. The Morgan fingerprint density at radius 2 is 1.46 bits per heavy atom. The van der Waals surface area contributed by atoms with Gasteiger partial charge in [-0.25, -0.2) is 9.37 Å². The Hall–Kier alpha value is -3.73. The minimum Gasteiger partial charge on any atom is -0.340 e. The second kappa shape index (κ2) is 8.31. The summed E-state index contributed by atoms with van der Waals surface area (Å²) in [4.78, 5) is 11.2. The van der Waals surface area contributed by atoms with Gasteiger partial charge in [-0.05, 0) is 48.0 Å². The van der Waals surface area contributed by atoms with Gasteiger partial charge in [-0.3, -0.25) is 0 Å². The van der Waals surface area contributed by atoms with E-state index in [1.54, 1.807) is 24.4 Å². The van der Waals surface area contributed by atoms with Crippen molar-refractivity contribution in [3.63, 3.8) is 0 Å². The summed E-state index contributed by atoms with van der Waals surface area (Å²) in [5.74, 6) is 0.958. The van der Waals surface area contributed by atoms with Gasteiger partial charge >= 0.3 is 0 Å². The summed E-state index contributed by atoms with van der Waals surface area (Å²) >= 11 is 0. The molecule has 1 aromatic heterocycles. The van der Waals surface area contributed by atoms with Gasteiger partial charge in [-0.1, -0.05) is 48.5 Å². The van der Waals surface area contributed by atoms with Crippen LogP contribution < -0.4 is 10.2 Å². The summed E-state index contributed by atoms with van der Waals surface area (Å²) < 4.78 is 13.1. The molecule has 0 spiro atoms. The molecule has 28 heavy (non-hydrogen) atoms. The second-order valence-electron chi connectivity index (χ2n) is 6.28. The molecule has 0 unspecified atom stereocenters. The molecule has 4 nitrogen and oxygen atoms in total. The highest BCUT2D eigenvalue weighted by Crippen LogP contribution is 2.26. The van der Waals surface area contributed by atoms with E-state index in [4.69, 9.17) is 0 Å². The topological polar surface area (TPSA) is 41.1 Å². The van der Waals surface area contributed by atoms with Crippen LogP contribution in [0.25, 0.3) is 0 Å². The first-order chi connectivity index (χ1) is 13.8. The van der Waals surface area contributed by atoms with Crippen molar-refractivity contribution in [3.8, 4) is 0 Å². The molecule has 0 aliphatic heterocycles. The number of benzene rings is 3. The molecule has 0 atom stereocenters. The first-order valence-corrected chi connectivity index (χ1v) is 9.00. The van der Waals surface area contributed by atoms with Gasteiger partial charge in [0.15, 0.2) is 0 Å². The van der Waals surface area contributed by atoms with Crippen LogP contribution in [-0.4, -0.2) is 9.97 Å². The van der Waals surface area contributed by atoms with Crippen LogP contribution in [0.3, 0.4) is 0 Å². The number of hydrogen-bond acceptors (Lipinski definition) is 4. The normalized spacial score (nSPS) is 10.5. The zero-order valence-corrected chi connectivity index (χ0v) is 15.2. The van der Waals surface area contributed by atoms with Crippen molar-refractivity contribution >= 4 is 23.1 Å². The van der Waals surface area contributed by atoms with Gasteiger partial charge in [0.1, 0.15) is 11.6 Å². The highest BCUT2D eigenvalue weighted by Gasteiger charge is 2.13. The second-order valence-corrected chi connectivity index (χ2v) is 6.28. The molecule has 0 saturated heterocycles. The summed E-state index contributed by atoms with van der Waals surface area (Å²) in [5, 5.41) is 3.20. The molecule has 0 aliphatic carbocycles. The van der Waals surface area contributed by atoms with Crippen molar-refractivity contribution in [1.29, 1.82) is 0 Å². The molecular formula is C23H19FN4. The van der Waals surface area contributed by atoms with Crippen LogP contribution in [-0.2, 0) is 6.54 Å². The SMILES string of the molecule is Fc1ccc(Nc2ccnc(N(Cc3ccccc3)c3ccccc3)n2)cc1. The molecule has 0 saturated carbocycles. The number of nitrogens with zero attached hydrogens (tertiary/aromatic N) is 3. The molecule has 0 amide bonds. The third-order valence-electron chi connectivity index (χ3n) is 4.25. The van der Waals surface area contributed by atoms with Crippen LogP contribution in [0.1, 0.15) is 5.56 Å². The van der Waals surface area contributed by atoms with E-state index in [2.05, 4.69) is 32.3 Å². The molecule has 3 aromatic carbocycles. The Bertz CT molecular complexity index is 1020. The Morgan fingerprint density at radius 1 is 0.786 bits per heavy atom. The van der Waals surface area contributed by atoms with Crippen molar-refractivity contribution in [2.75, 3.05) is 10.2 Å². The highest BCUT2D eigenvalue weighted by molar-refractivity contribution is 5.61. The Kier molecular flexibility index (Phi) is 5.24. The Balaban J connectivity index is 1.65. The van der Waals surface area contributed by atoms with Crippen LogP contribution in [0.5, 0.6) is 0 Å². The molecule has 138 valence electrons. The molecule has 5 heteroatoms. The predicted octanol–water partition coefficient (Wildman–Crippen LogP) is 5.70. The van der Waals surface area contributed by atoms with E-state index in [0.717, 1.165) is 16.9 Å². The molecule has 1 N–H and O–H groups in total. The van der Waals surface area contributed by atoms with Crippen LogP contribution in [0.4, 0.5) is 27.5 Å². The summed E-state index contributed by atoms with van der Waals surface area (Å²) in [6, 6.07) is 28.2. The zero-order chi connectivity index (χ0) is 19.2. The van der Waals surface area contributed by atoms with Gasteiger partial charge in [0, 0.05) is 17.6 Å². The van der Waals surface area contributed by atoms with E-state index in [9.17, 15) is 4.39 Å². The number of nitrogens with one attached hydrogen (secondary N) is 1. The van der Waals surface area contributed by atoms with Crippen molar-refractivity contribution in [3.05, 3.63) is 109 Å². The Labute approximate surface area is 163 Å². The van der Waals surface area contributed by atoms with Crippen molar-refractivity contribution in [2.45, 2.75) is 6.54 Å². The van der Waals surface area contributed by atoms with Gasteiger partial charge in [0.2, 0.25) is 5.95 Å². The third kappa shape index (κ3) is 4.32. The maximum atomic E-state index is 13.1. The van der Waals surface area contributed by atoms with Crippen LogP contribution in [0, 0.1) is 5.82 Å². The summed E-state index contributed by atoms with van der Waals surface area (Å²) in [7, 11) is 0. The maximum Gasteiger partial charge on any atom is 0.232 e. The van der Waals surface area contributed by atoms with Gasteiger partial charge < -0.3 is 10.2 Å². The number of rotatable bonds is 6. The van der Waals surface area contributed by atoms with E-state index >= 15 is 0 Å². The van der Waals surface area contributed by atoms with Gasteiger partial charge in [0.05, 0.1) is 6.54 Å². The maximum absolute atomic E-state index is 13.1. The lowest BCUT2D eigenvalue weighted by Crippen LogP contribution is -2.19. The average molecular weight is 370 g/mol. The standard InChI is InChI=1S/C23H19FN4/c24-19-11-13-20(14-12-19)26-22-15-16-25-23(27-22)28(21-9-5-2-6-10-21)17-18-7-3-1-4-8-18/h1-16H,17H2,(H,25,26,27). The molecule has 0 aliphatic rings. The van der Waals surface area contributed by atoms with Crippen molar-refractivity contribution in [1.82, 2.24) is 9.97 Å². The fourth-order valence-corrected chi connectivity index (χ4v) is 2.88. The molecule has 4 aromatic rings. The molecule has 4 rings (SSSR count). The minimum atomic E-state index is -0.271. The van der Waals surface area contributed by atoms with Crippen molar-refractivity contribution in [2.24, 2.45) is 0 Å². The number of para-hydroxylation sites is 1. The number of halogens is 1. The van der Waals surface area contributed by atoms with Gasteiger partial charge in [0.25, 0.3) is 0 Å². The first kappa shape index (κ1) is 17.7. The van der Waals surface area contributed by atoms with Gasteiger partial charge in [-0.2, -0.15) is 4.98 Å². The highest BCUT2D eigenvalue weighted by atomic mass is 19.1. The van der Waals surface area contributed by atoms with Crippen LogP contribution >= 0.6 is 0 Å². The monoisotopic (exact) mass is 370 g/mol. The molecular weight excluding hydrogens is 351 g/mol. The summed E-state index contributed by atoms with van der Waals surface area (Å²) in [6.07, 6.45) is 1.72. The fraction of sp³-hybridized carbons (Fsp3) is 0.0435. The van der Waals surface area contributed by atoms with Crippen LogP contribution in [0.15, 0.2) is 97.2 Å². The summed E-state index contributed by atoms with van der Waals surface area (Å²) in [5.41, 5.74) is 2.93. The predicted molar refractivity (Wildman–Crippen MR) is 110 cm³/mol. The Morgan fingerprint density at radius 3 is 2.18 bits per heavy atom. The van der Waals surface area contributed by atoms with E-state index in [1.165, 1.54) is 12.1 Å². The zero-order valence-electron chi connectivity index (χ0n) is 15.2. The number of anilines is 4. The van der Waals surface area contributed by atoms with Crippen LogP contribution in [0.2, 0.25) is 0 Å². The first-order valence-electron chi connectivity index (χ1n) is 9.00. The van der Waals surface area contributed by atoms with E-state index in [1.807, 2.05) is 48.5 Å². The van der Waals surface area contributed by atoms with Gasteiger partial charge in [-0.15, -0.1) is 0 Å². The lowest BCUT2D eigenvalue weighted by atomic mass is 10.2. The van der Waals surface area contributed by atoms with E-state index in [-0.39, 0.29) is 5.82 Å².